The average molecular weight is 395 g/mol. The minimum absolute atomic E-state index is 0.0986. The lowest BCUT2D eigenvalue weighted by molar-refractivity contribution is 0.0750. The first-order chi connectivity index (χ1) is 13.6. The molecule has 8 heteroatoms. The van der Waals surface area contributed by atoms with Crippen LogP contribution < -0.4 is 4.90 Å². The molecule has 1 saturated carbocycles. The second-order valence-corrected chi connectivity index (χ2v) is 8.50. The maximum absolute atomic E-state index is 13.2. The zero-order valence-electron chi connectivity index (χ0n) is 16.1. The van der Waals surface area contributed by atoms with Crippen LogP contribution in [0.15, 0.2) is 18.5 Å². The summed E-state index contributed by atoms with van der Waals surface area (Å²) in [6.45, 7) is 6.87. The number of hydrogen-bond acceptors (Lipinski definition) is 7. The molecule has 0 atom stereocenters. The Hall–Kier alpha value is -2.61. The van der Waals surface area contributed by atoms with Gasteiger partial charge in [-0.15, -0.1) is 11.3 Å². The van der Waals surface area contributed by atoms with Crippen LogP contribution in [-0.2, 0) is 0 Å². The number of hydrogen-bond donors (Lipinski definition) is 0. The van der Waals surface area contributed by atoms with Crippen molar-refractivity contribution < 1.29 is 4.79 Å². The standard InChI is InChI=1S/C20H22N6OS/c1-12-15-13(2)23-17(14-4-5-14)24-18(15)28-16(12)19(27)25-8-10-26(11-9-25)20-21-6-3-7-22-20/h3,6-7,14H,4-5,8-11H2,1-2H3. The van der Waals surface area contributed by atoms with Crippen LogP contribution in [0.25, 0.3) is 10.2 Å². The molecule has 0 unspecified atom stereocenters. The Balaban J connectivity index is 1.37. The summed E-state index contributed by atoms with van der Waals surface area (Å²) in [5, 5.41) is 1.05. The third-order valence-corrected chi connectivity index (χ3v) is 6.70. The van der Waals surface area contributed by atoms with Crippen LogP contribution in [0.5, 0.6) is 0 Å². The molecule has 7 nitrogen and oxygen atoms in total. The molecule has 0 N–H and O–H groups in total. The van der Waals surface area contributed by atoms with Crippen LogP contribution in [0.2, 0.25) is 0 Å². The minimum Gasteiger partial charge on any atom is -0.337 e. The van der Waals surface area contributed by atoms with Crippen molar-refractivity contribution in [1.82, 2.24) is 24.8 Å². The van der Waals surface area contributed by atoms with Gasteiger partial charge in [-0.3, -0.25) is 4.79 Å². The van der Waals surface area contributed by atoms with Crippen LogP contribution in [0.1, 0.15) is 45.5 Å². The number of rotatable bonds is 3. The maximum Gasteiger partial charge on any atom is 0.264 e. The Bertz CT molecular complexity index is 1040. The van der Waals surface area contributed by atoms with E-state index in [9.17, 15) is 4.79 Å². The van der Waals surface area contributed by atoms with E-state index in [4.69, 9.17) is 9.97 Å². The molecule has 5 rings (SSSR count). The van der Waals surface area contributed by atoms with Gasteiger partial charge in [0.1, 0.15) is 10.7 Å². The second kappa shape index (κ2) is 6.77. The summed E-state index contributed by atoms with van der Waals surface area (Å²) in [4.78, 5) is 37.1. The molecule has 1 aliphatic heterocycles. The lowest BCUT2D eigenvalue weighted by Gasteiger charge is -2.34. The van der Waals surface area contributed by atoms with Gasteiger partial charge in [0, 0.05) is 49.9 Å². The molecule has 3 aromatic heterocycles. The van der Waals surface area contributed by atoms with Gasteiger partial charge in [0.15, 0.2) is 0 Å². The summed E-state index contributed by atoms with van der Waals surface area (Å²) < 4.78 is 0. The van der Waals surface area contributed by atoms with E-state index in [1.54, 1.807) is 12.4 Å². The monoisotopic (exact) mass is 394 g/mol. The summed E-state index contributed by atoms with van der Waals surface area (Å²) in [6, 6.07) is 1.81. The van der Waals surface area contributed by atoms with E-state index < -0.39 is 0 Å². The number of thiophene rings is 1. The predicted octanol–water partition coefficient (Wildman–Crippen LogP) is 2.94. The van der Waals surface area contributed by atoms with Crippen molar-refractivity contribution in [2.45, 2.75) is 32.6 Å². The van der Waals surface area contributed by atoms with Crippen molar-refractivity contribution in [1.29, 1.82) is 0 Å². The molecule has 1 saturated heterocycles. The largest absolute Gasteiger partial charge is 0.337 e. The summed E-state index contributed by atoms with van der Waals surface area (Å²) in [5.41, 5.74) is 2.00. The number of amides is 1. The molecule has 2 aliphatic rings. The third-order valence-electron chi connectivity index (χ3n) is 5.53. The third kappa shape index (κ3) is 3.01. The summed E-state index contributed by atoms with van der Waals surface area (Å²) in [7, 11) is 0. The fourth-order valence-corrected chi connectivity index (χ4v) is 5.00. The molecular formula is C20H22N6OS. The number of anilines is 1. The maximum atomic E-state index is 13.2. The average Bonchev–Trinajstić information content (AvgIpc) is 3.52. The van der Waals surface area contributed by atoms with Crippen LogP contribution in [0, 0.1) is 13.8 Å². The highest BCUT2D eigenvalue weighted by atomic mass is 32.1. The van der Waals surface area contributed by atoms with Crippen LogP contribution in [0.3, 0.4) is 0 Å². The fourth-order valence-electron chi connectivity index (χ4n) is 3.80. The molecular weight excluding hydrogens is 372 g/mol. The first kappa shape index (κ1) is 17.5. The molecule has 0 aromatic carbocycles. The molecule has 1 aliphatic carbocycles. The molecule has 0 radical (unpaired) electrons. The molecule has 28 heavy (non-hydrogen) atoms. The number of aromatic nitrogens is 4. The minimum atomic E-state index is 0.0986. The van der Waals surface area contributed by atoms with Crippen molar-refractivity contribution in [2.24, 2.45) is 0 Å². The molecule has 0 spiro atoms. The molecule has 3 aromatic rings. The first-order valence-corrected chi connectivity index (χ1v) is 10.5. The Morgan fingerprint density at radius 3 is 2.46 bits per heavy atom. The number of nitrogens with zero attached hydrogens (tertiary/aromatic N) is 6. The van der Waals surface area contributed by atoms with E-state index in [-0.39, 0.29) is 5.91 Å². The van der Waals surface area contributed by atoms with Gasteiger partial charge in [0.25, 0.3) is 5.91 Å². The van der Waals surface area contributed by atoms with E-state index in [2.05, 4.69) is 14.9 Å². The molecule has 1 amide bonds. The Labute approximate surface area is 167 Å². The van der Waals surface area contributed by atoms with Crippen molar-refractivity contribution in [3.8, 4) is 0 Å². The smallest absolute Gasteiger partial charge is 0.264 e. The summed E-state index contributed by atoms with van der Waals surface area (Å²) in [6.07, 6.45) is 5.85. The highest BCUT2D eigenvalue weighted by Crippen LogP contribution is 2.40. The molecule has 144 valence electrons. The summed E-state index contributed by atoms with van der Waals surface area (Å²) >= 11 is 1.52. The topological polar surface area (TPSA) is 75.1 Å². The highest BCUT2D eigenvalue weighted by molar-refractivity contribution is 7.20. The molecule has 2 fully saturated rings. The predicted molar refractivity (Wildman–Crippen MR) is 109 cm³/mol. The number of carbonyl (C=O) groups is 1. The van der Waals surface area contributed by atoms with Crippen molar-refractivity contribution in [3.63, 3.8) is 0 Å². The Morgan fingerprint density at radius 1 is 1.07 bits per heavy atom. The van der Waals surface area contributed by atoms with Gasteiger partial charge >= 0.3 is 0 Å². The van der Waals surface area contributed by atoms with Gasteiger partial charge in [0.05, 0.1) is 10.6 Å². The first-order valence-electron chi connectivity index (χ1n) is 9.70. The van der Waals surface area contributed by atoms with E-state index in [0.29, 0.717) is 19.0 Å². The zero-order valence-corrected chi connectivity index (χ0v) is 16.9. The van der Waals surface area contributed by atoms with E-state index in [0.717, 1.165) is 51.2 Å². The van der Waals surface area contributed by atoms with E-state index in [1.165, 1.54) is 24.2 Å². The molecule has 0 bridgehead atoms. The van der Waals surface area contributed by atoms with Crippen LogP contribution >= 0.6 is 11.3 Å². The van der Waals surface area contributed by atoms with Gasteiger partial charge < -0.3 is 9.80 Å². The van der Waals surface area contributed by atoms with Crippen molar-refractivity contribution in [3.05, 3.63) is 40.4 Å². The highest BCUT2D eigenvalue weighted by Gasteiger charge is 2.30. The van der Waals surface area contributed by atoms with Gasteiger partial charge in [-0.2, -0.15) is 0 Å². The van der Waals surface area contributed by atoms with Gasteiger partial charge in [0.2, 0.25) is 5.95 Å². The van der Waals surface area contributed by atoms with Gasteiger partial charge in [-0.1, -0.05) is 0 Å². The normalized spacial score (nSPS) is 17.4. The zero-order chi connectivity index (χ0) is 19.3. The van der Waals surface area contributed by atoms with Crippen LogP contribution in [-0.4, -0.2) is 56.9 Å². The lowest BCUT2D eigenvalue weighted by Crippen LogP contribution is -2.49. The van der Waals surface area contributed by atoms with Crippen molar-refractivity contribution in [2.75, 3.05) is 31.1 Å². The fraction of sp³-hybridized carbons (Fsp3) is 0.450. The second-order valence-electron chi connectivity index (χ2n) is 7.51. The lowest BCUT2D eigenvalue weighted by atomic mass is 10.1. The summed E-state index contributed by atoms with van der Waals surface area (Å²) in [5.74, 6) is 2.28. The number of fused-ring (bicyclic) bond motifs is 1. The Morgan fingerprint density at radius 2 is 1.79 bits per heavy atom. The van der Waals surface area contributed by atoms with E-state index >= 15 is 0 Å². The number of carbonyl (C=O) groups excluding carboxylic acids is 1. The van der Waals surface area contributed by atoms with Gasteiger partial charge in [-0.25, -0.2) is 19.9 Å². The van der Waals surface area contributed by atoms with Crippen LogP contribution in [0.4, 0.5) is 5.95 Å². The van der Waals surface area contributed by atoms with E-state index in [1.807, 2.05) is 24.8 Å². The molecule has 4 heterocycles. The number of piperazine rings is 1. The quantitative estimate of drug-likeness (QED) is 0.680. The van der Waals surface area contributed by atoms with Gasteiger partial charge in [-0.05, 0) is 38.3 Å². The van der Waals surface area contributed by atoms with Crippen molar-refractivity contribution >= 4 is 33.4 Å². The Kier molecular flexibility index (Phi) is 4.23. The number of aryl methyl sites for hydroxylation is 2. The SMILES string of the molecule is Cc1nc(C2CC2)nc2sc(C(=O)N3CCN(c4ncccn4)CC3)c(C)c12.